The number of carbonyl (C=O) groups excluding carboxylic acids is 2. The van der Waals surface area contributed by atoms with Crippen LogP contribution in [0, 0.1) is 5.92 Å². The van der Waals surface area contributed by atoms with Crippen molar-refractivity contribution in [3.8, 4) is 23.0 Å². The SMILES string of the molecule is CC=C(C)C(=O)OC1(Cc2ccc3c(c2)OCO3)C(=O)OCC1Cc1ccc(OC)c(OC)c1. The van der Waals surface area contributed by atoms with Crippen LogP contribution in [0.25, 0.3) is 0 Å². The fourth-order valence-electron chi connectivity index (χ4n) is 4.21. The molecule has 2 unspecified atom stereocenters. The van der Waals surface area contributed by atoms with Crippen LogP contribution >= 0.6 is 0 Å². The summed E-state index contributed by atoms with van der Waals surface area (Å²) in [6.07, 6.45) is 2.22. The van der Waals surface area contributed by atoms with E-state index >= 15 is 0 Å². The lowest BCUT2D eigenvalue weighted by Crippen LogP contribution is -2.48. The molecule has 0 aliphatic carbocycles. The highest BCUT2D eigenvalue weighted by atomic mass is 16.7. The maximum absolute atomic E-state index is 13.2. The lowest BCUT2D eigenvalue weighted by atomic mass is 9.80. The van der Waals surface area contributed by atoms with Crippen LogP contribution in [0.3, 0.4) is 0 Å². The molecule has 0 amide bonds. The van der Waals surface area contributed by atoms with Crippen molar-refractivity contribution in [1.29, 1.82) is 0 Å². The number of benzene rings is 2. The minimum atomic E-state index is -1.50. The van der Waals surface area contributed by atoms with Crippen molar-refractivity contribution in [2.75, 3.05) is 27.6 Å². The van der Waals surface area contributed by atoms with Gasteiger partial charge in [-0.2, -0.15) is 0 Å². The van der Waals surface area contributed by atoms with Gasteiger partial charge in [0.15, 0.2) is 23.0 Å². The highest BCUT2D eigenvalue weighted by molar-refractivity contribution is 5.92. The number of carbonyl (C=O) groups is 2. The molecule has 34 heavy (non-hydrogen) atoms. The monoisotopic (exact) mass is 468 g/mol. The summed E-state index contributed by atoms with van der Waals surface area (Å²) in [4.78, 5) is 26.0. The number of fused-ring (bicyclic) bond motifs is 1. The molecule has 0 saturated carbocycles. The van der Waals surface area contributed by atoms with Gasteiger partial charge in [0.2, 0.25) is 12.4 Å². The van der Waals surface area contributed by atoms with Gasteiger partial charge in [-0.05, 0) is 55.7 Å². The van der Waals surface area contributed by atoms with E-state index in [1.165, 1.54) is 0 Å². The molecule has 2 aromatic carbocycles. The molecule has 0 N–H and O–H groups in total. The average molecular weight is 469 g/mol. The van der Waals surface area contributed by atoms with E-state index < -0.39 is 23.5 Å². The first-order valence-electron chi connectivity index (χ1n) is 11.0. The topological polar surface area (TPSA) is 89.5 Å². The van der Waals surface area contributed by atoms with Crippen molar-refractivity contribution in [3.05, 3.63) is 59.2 Å². The summed E-state index contributed by atoms with van der Waals surface area (Å²) < 4.78 is 33.1. The Hall–Kier alpha value is -3.68. The molecule has 0 radical (unpaired) electrons. The van der Waals surface area contributed by atoms with Crippen molar-refractivity contribution in [2.24, 2.45) is 5.92 Å². The van der Waals surface area contributed by atoms with E-state index in [1.807, 2.05) is 18.2 Å². The molecule has 0 bridgehead atoms. The van der Waals surface area contributed by atoms with Crippen molar-refractivity contribution in [3.63, 3.8) is 0 Å². The lowest BCUT2D eigenvalue weighted by Gasteiger charge is -2.31. The smallest absolute Gasteiger partial charge is 0.351 e. The van der Waals surface area contributed by atoms with E-state index in [1.54, 1.807) is 52.3 Å². The van der Waals surface area contributed by atoms with E-state index in [0.717, 1.165) is 11.1 Å². The molecule has 2 heterocycles. The lowest BCUT2D eigenvalue weighted by molar-refractivity contribution is -0.172. The zero-order valence-electron chi connectivity index (χ0n) is 19.7. The van der Waals surface area contributed by atoms with Gasteiger partial charge in [0.05, 0.1) is 20.8 Å². The number of cyclic esters (lactones) is 1. The van der Waals surface area contributed by atoms with Gasteiger partial charge in [-0.1, -0.05) is 18.2 Å². The number of allylic oxidation sites excluding steroid dienone is 1. The van der Waals surface area contributed by atoms with Crippen LogP contribution in [0.4, 0.5) is 0 Å². The Bertz CT molecular complexity index is 1120. The average Bonchev–Trinajstić information content (AvgIpc) is 3.43. The van der Waals surface area contributed by atoms with Crippen LogP contribution in [-0.4, -0.2) is 45.2 Å². The molecule has 1 fully saturated rings. The van der Waals surface area contributed by atoms with Crippen LogP contribution in [0.2, 0.25) is 0 Å². The predicted molar refractivity (Wildman–Crippen MR) is 122 cm³/mol. The van der Waals surface area contributed by atoms with Crippen LogP contribution in [0.15, 0.2) is 48.0 Å². The summed E-state index contributed by atoms with van der Waals surface area (Å²) in [5.74, 6) is 0.867. The van der Waals surface area contributed by atoms with Gasteiger partial charge in [-0.25, -0.2) is 9.59 Å². The van der Waals surface area contributed by atoms with Gasteiger partial charge in [0, 0.05) is 17.9 Å². The number of ether oxygens (including phenoxy) is 6. The molecule has 2 aromatic rings. The summed E-state index contributed by atoms with van der Waals surface area (Å²) >= 11 is 0. The molecule has 2 aliphatic heterocycles. The van der Waals surface area contributed by atoms with Crippen LogP contribution in [-0.2, 0) is 31.9 Å². The summed E-state index contributed by atoms with van der Waals surface area (Å²) in [7, 11) is 3.13. The Kier molecular flexibility index (Phi) is 6.68. The maximum Gasteiger partial charge on any atom is 0.351 e. The Morgan fingerprint density at radius 1 is 1.03 bits per heavy atom. The Labute approximate surface area is 198 Å². The fourth-order valence-corrected chi connectivity index (χ4v) is 4.21. The van der Waals surface area contributed by atoms with E-state index in [4.69, 9.17) is 28.4 Å². The van der Waals surface area contributed by atoms with Crippen LogP contribution in [0.5, 0.6) is 23.0 Å². The normalized spacial score (nSPS) is 21.2. The quantitative estimate of drug-likeness (QED) is 0.429. The Balaban J connectivity index is 1.70. The zero-order chi connectivity index (χ0) is 24.3. The molecule has 8 nitrogen and oxygen atoms in total. The highest BCUT2D eigenvalue weighted by Gasteiger charge is 2.56. The largest absolute Gasteiger partial charge is 0.493 e. The van der Waals surface area contributed by atoms with Crippen LogP contribution in [0.1, 0.15) is 25.0 Å². The molecule has 0 spiro atoms. The van der Waals surface area contributed by atoms with Gasteiger partial charge in [-0.15, -0.1) is 0 Å². The third-order valence-electron chi connectivity index (χ3n) is 6.28. The molecule has 8 heteroatoms. The minimum Gasteiger partial charge on any atom is -0.493 e. The molecule has 0 aromatic heterocycles. The van der Waals surface area contributed by atoms with Gasteiger partial charge in [0.1, 0.15) is 0 Å². The number of hydrogen-bond donors (Lipinski definition) is 0. The third-order valence-corrected chi connectivity index (χ3v) is 6.28. The number of rotatable bonds is 8. The Morgan fingerprint density at radius 3 is 2.50 bits per heavy atom. The van der Waals surface area contributed by atoms with Gasteiger partial charge in [0.25, 0.3) is 0 Å². The molecule has 180 valence electrons. The van der Waals surface area contributed by atoms with Crippen molar-refractivity contribution in [2.45, 2.75) is 32.3 Å². The first-order valence-corrected chi connectivity index (χ1v) is 11.0. The van der Waals surface area contributed by atoms with Gasteiger partial charge < -0.3 is 28.4 Å². The van der Waals surface area contributed by atoms with Crippen molar-refractivity contribution in [1.82, 2.24) is 0 Å². The molecule has 4 rings (SSSR count). The third kappa shape index (κ3) is 4.40. The van der Waals surface area contributed by atoms with Crippen LogP contribution < -0.4 is 18.9 Å². The number of methoxy groups -OCH3 is 2. The standard InChI is InChI=1S/C26H28O8/c1-5-16(2)24(27)34-26(13-18-7-9-21-23(12-18)33-15-32-21)19(14-31-25(26)28)10-17-6-8-20(29-3)22(11-17)30-4/h5-9,11-12,19H,10,13-15H2,1-4H3. The van der Waals surface area contributed by atoms with Gasteiger partial charge in [-0.3, -0.25) is 0 Å². The van der Waals surface area contributed by atoms with Crippen molar-refractivity contribution >= 4 is 11.9 Å². The molecule has 2 aliphatic rings. The van der Waals surface area contributed by atoms with E-state index in [-0.39, 0.29) is 19.8 Å². The molecular formula is C26H28O8. The Morgan fingerprint density at radius 2 is 1.76 bits per heavy atom. The fraction of sp³-hybridized carbons (Fsp3) is 0.385. The number of hydrogen-bond acceptors (Lipinski definition) is 8. The predicted octanol–water partition coefficient (Wildman–Crippen LogP) is 3.64. The summed E-state index contributed by atoms with van der Waals surface area (Å²) in [6, 6.07) is 11.0. The second-order valence-corrected chi connectivity index (χ2v) is 8.30. The molecule has 2 atom stereocenters. The second kappa shape index (κ2) is 9.67. The van der Waals surface area contributed by atoms with E-state index in [0.29, 0.717) is 35.0 Å². The minimum absolute atomic E-state index is 0.125. The van der Waals surface area contributed by atoms with E-state index in [2.05, 4.69) is 0 Å². The molecule has 1 saturated heterocycles. The number of esters is 2. The first-order chi connectivity index (χ1) is 16.4. The summed E-state index contributed by atoms with van der Waals surface area (Å²) in [5.41, 5.74) is 0.582. The van der Waals surface area contributed by atoms with Gasteiger partial charge >= 0.3 is 11.9 Å². The first kappa shape index (κ1) is 23.5. The highest BCUT2D eigenvalue weighted by Crippen LogP contribution is 2.40. The molecular weight excluding hydrogens is 440 g/mol. The second-order valence-electron chi connectivity index (χ2n) is 8.30. The maximum atomic E-state index is 13.2. The zero-order valence-corrected chi connectivity index (χ0v) is 19.7. The van der Waals surface area contributed by atoms with E-state index in [9.17, 15) is 9.59 Å². The van der Waals surface area contributed by atoms with Crippen molar-refractivity contribution < 1.29 is 38.0 Å². The summed E-state index contributed by atoms with van der Waals surface area (Å²) in [5, 5.41) is 0. The summed E-state index contributed by atoms with van der Waals surface area (Å²) in [6.45, 7) is 3.67.